The van der Waals surface area contributed by atoms with E-state index < -0.39 is 0 Å². The van der Waals surface area contributed by atoms with E-state index in [1.165, 1.54) is 0 Å². The molecule has 0 radical (unpaired) electrons. The monoisotopic (exact) mass is 276 g/mol. The number of fused-ring (bicyclic) bond motifs is 2. The second-order valence-electron chi connectivity index (χ2n) is 5.39. The fraction of sp³-hybridized carbons (Fsp3) is 0.533. The summed E-state index contributed by atoms with van der Waals surface area (Å²) in [4.78, 5) is 11.8. The zero-order valence-corrected chi connectivity index (χ0v) is 11.4. The smallest absolute Gasteiger partial charge is 0.407 e. The highest BCUT2D eigenvalue weighted by Crippen LogP contribution is 2.21. The molecule has 5 nitrogen and oxygen atoms in total. The van der Waals surface area contributed by atoms with Crippen LogP contribution in [0.3, 0.4) is 0 Å². The average molecular weight is 276 g/mol. The minimum absolute atomic E-state index is 0.0712. The lowest BCUT2D eigenvalue weighted by molar-refractivity contribution is -0.0504. The number of hydrogen-bond donors (Lipinski definition) is 2. The lowest BCUT2D eigenvalue weighted by atomic mass is 9.94. The van der Waals surface area contributed by atoms with Crippen LogP contribution < -0.4 is 10.6 Å². The first-order valence-corrected chi connectivity index (χ1v) is 7.14. The topological polar surface area (TPSA) is 59.6 Å². The Hall–Kier alpha value is -1.59. The molecule has 3 atom stereocenters. The van der Waals surface area contributed by atoms with E-state index in [2.05, 4.69) is 10.6 Å². The van der Waals surface area contributed by atoms with Crippen LogP contribution in [0.2, 0.25) is 0 Å². The summed E-state index contributed by atoms with van der Waals surface area (Å²) in [6.07, 6.45) is 2.48. The summed E-state index contributed by atoms with van der Waals surface area (Å²) in [6.45, 7) is 1.12. The van der Waals surface area contributed by atoms with Gasteiger partial charge < -0.3 is 14.8 Å². The molecule has 1 amide bonds. The van der Waals surface area contributed by atoms with Gasteiger partial charge in [-0.05, 0) is 18.4 Å². The number of nitrogens with one attached hydrogen (secondary N) is 2. The maximum Gasteiger partial charge on any atom is 0.407 e. The van der Waals surface area contributed by atoms with Gasteiger partial charge in [-0.2, -0.15) is 0 Å². The normalized spacial score (nSPS) is 28.7. The van der Waals surface area contributed by atoms with Crippen LogP contribution in [0, 0.1) is 0 Å². The van der Waals surface area contributed by atoms with Gasteiger partial charge in [0.05, 0.1) is 6.61 Å². The molecule has 0 spiro atoms. The fourth-order valence-corrected chi connectivity index (χ4v) is 2.82. The van der Waals surface area contributed by atoms with Gasteiger partial charge >= 0.3 is 6.09 Å². The van der Waals surface area contributed by atoms with Gasteiger partial charge in [0.15, 0.2) is 0 Å². The summed E-state index contributed by atoms with van der Waals surface area (Å²) in [5, 5.41) is 6.34. The second-order valence-corrected chi connectivity index (χ2v) is 5.39. The van der Waals surface area contributed by atoms with Crippen LogP contribution in [0.25, 0.3) is 0 Å². The predicted molar refractivity (Wildman–Crippen MR) is 74.1 cm³/mol. The van der Waals surface area contributed by atoms with E-state index in [9.17, 15) is 4.79 Å². The van der Waals surface area contributed by atoms with E-state index >= 15 is 0 Å². The van der Waals surface area contributed by atoms with Crippen LogP contribution in [0.1, 0.15) is 24.8 Å². The van der Waals surface area contributed by atoms with Crippen LogP contribution in [0.4, 0.5) is 4.79 Å². The first-order valence-electron chi connectivity index (χ1n) is 7.14. The lowest BCUT2D eigenvalue weighted by Gasteiger charge is -2.40. The molecule has 0 saturated carbocycles. The third-order valence-electron chi connectivity index (χ3n) is 3.81. The van der Waals surface area contributed by atoms with E-state index in [0.29, 0.717) is 12.6 Å². The van der Waals surface area contributed by atoms with E-state index in [1.54, 1.807) is 0 Å². The van der Waals surface area contributed by atoms with E-state index in [4.69, 9.17) is 9.47 Å². The number of carbonyl (C=O) groups is 1. The maximum atomic E-state index is 11.8. The second kappa shape index (κ2) is 6.24. The molecule has 2 bridgehead atoms. The van der Waals surface area contributed by atoms with Gasteiger partial charge in [0.2, 0.25) is 0 Å². The molecule has 3 unspecified atom stereocenters. The number of hydrogen-bond acceptors (Lipinski definition) is 4. The van der Waals surface area contributed by atoms with E-state index in [0.717, 1.165) is 31.4 Å². The standard InChI is InChI=1S/C15H20N2O3/c18-15(20-10-11-4-2-1-3-5-11)17-13-8-12-6-7-19-14(9-13)16-12/h1-5,12-14,16H,6-10H2,(H,17,18). The van der Waals surface area contributed by atoms with Crippen LogP contribution in [-0.2, 0) is 16.1 Å². The molecule has 2 N–H and O–H groups in total. The highest BCUT2D eigenvalue weighted by molar-refractivity contribution is 5.67. The SMILES string of the molecule is O=C(NC1CC2CCOC(C1)N2)OCc1ccccc1. The molecule has 108 valence electrons. The van der Waals surface area contributed by atoms with Gasteiger partial charge in [-0.1, -0.05) is 30.3 Å². The maximum absolute atomic E-state index is 11.8. The Morgan fingerprint density at radius 2 is 2.20 bits per heavy atom. The summed E-state index contributed by atoms with van der Waals surface area (Å²) in [6, 6.07) is 10.3. The molecule has 3 rings (SSSR count). The minimum Gasteiger partial charge on any atom is -0.445 e. The van der Waals surface area contributed by atoms with Crippen molar-refractivity contribution in [2.45, 2.75) is 44.2 Å². The average Bonchev–Trinajstić information content (AvgIpc) is 2.46. The summed E-state index contributed by atoms with van der Waals surface area (Å²) < 4.78 is 10.8. The molecule has 1 aromatic rings. The zero-order chi connectivity index (χ0) is 13.8. The van der Waals surface area contributed by atoms with Crippen molar-refractivity contribution in [2.24, 2.45) is 0 Å². The van der Waals surface area contributed by atoms with Crippen LogP contribution >= 0.6 is 0 Å². The van der Waals surface area contributed by atoms with E-state index in [-0.39, 0.29) is 18.4 Å². The molecule has 20 heavy (non-hydrogen) atoms. The third-order valence-corrected chi connectivity index (χ3v) is 3.81. The third kappa shape index (κ3) is 3.49. The van der Waals surface area contributed by atoms with Crippen LogP contribution in [0.15, 0.2) is 30.3 Å². The number of carbonyl (C=O) groups excluding carboxylic acids is 1. The molecule has 2 saturated heterocycles. The lowest BCUT2D eigenvalue weighted by Crippen LogP contribution is -2.56. The molecule has 0 aromatic heterocycles. The van der Waals surface area contributed by atoms with Crippen molar-refractivity contribution < 1.29 is 14.3 Å². The molecule has 2 aliphatic heterocycles. The first kappa shape index (κ1) is 13.4. The first-order chi connectivity index (χ1) is 9.79. The quantitative estimate of drug-likeness (QED) is 0.883. The summed E-state index contributed by atoms with van der Waals surface area (Å²) in [5.41, 5.74) is 0.994. The molecule has 1 aromatic carbocycles. The Morgan fingerprint density at radius 3 is 3.00 bits per heavy atom. The Kier molecular flexibility index (Phi) is 4.18. The van der Waals surface area contributed by atoms with E-state index in [1.807, 2.05) is 30.3 Å². The summed E-state index contributed by atoms with van der Waals surface area (Å²) in [5.74, 6) is 0. The van der Waals surface area contributed by atoms with Gasteiger partial charge in [-0.15, -0.1) is 0 Å². The van der Waals surface area contributed by atoms with Gasteiger partial charge in [0.1, 0.15) is 12.8 Å². The highest BCUT2D eigenvalue weighted by Gasteiger charge is 2.32. The number of ether oxygens (including phenoxy) is 2. The van der Waals surface area contributed by atoms with Crippen LogP contribution in [0.5, 0.6) is 0 Å². The summed E-state index contributed by atoms with van der Waals surface area (Å²) >= 11 is 0. The molecular weight excluding hydrogens is 256 g/mol. The van der Waals surface area contributed by atoms with Crippen molar-refractivity contribution in [2.75, 3.05) is 6.61 Å². The number of amides is 1. The Balaban J connectivity index is 1.44. The molecular formula is C15H20N2O3. The van der Waals surface area contributed by atoms with Crippen molar-refractivity contribution in [3.8, 4) is 0 Å². The molecule has 2 fully saturated rings. The Bertz CT molecular complexity index is 440. The Labute approximate surface area is 118 Å². The molecule has 0 aliphatic carbocycles. The molecule has 2 aliphatic rings. The van der Waals surface area contributed by atoms with Crippen molar-refractivity contribution in [1.82, 2.24) is 10.6 Å². The van der Waals surface area contributed by atoms with Gasteiger partial charge in [-0.3, -0.25) is 5.32 Å². The fourth-order valence-electron chi connectivity index (χ4n) is 2.82. The number of benzene rings is 1. The number of rotatable bonds is 3. The largest absolute Gasteiger partial charge is 0.445 e. The van der Waals surface area contributed by atoms with Crippen molar-refractivity contribution >= 4 is 6.09 Å². The van der Waals surface area contributed by atoms with Gasteiger partial charge in [-0.25, -0.2) is 4.79 Å². The van der Waals surface area contributed by atoms with Crippen LogP contribution in [-0.4, -0.2) is 31.0 Å². The number of alkyl carbamates (subject to hydrolysis) is 1. The summed E-state index contributed by atoms with van der Waals surface area (Å²) in [7, 11) is 0. The minimum atomic E-state index is -0.348. The van der Waals surface area contributed by atoms with Crippen molar-refractivity contribution in [1.29, 1.82) is 0 Å². The van der Waals surface area contributed by atoms with Crippen molar-refractivity contribution in [3.05, 3.63) is 35.9 Å². The van der Waals surface area contributed by atoms with Crippen molar-refractivity contribution in [3.63, 3.8) is 0 Å². The highest BCUT2D eigenvalue weighted by atomic mass is 16.5. The molecule has 2 heterocycles. The van der Waals surface area contributed by atoms with Gasteiger partial charge in [0, 0.05) is 18.5 Å². The number of piperidine rings is 1. The zero-order valence-electron chi connectivity index (χ0n) is 11.4. The van der Waals surface area contributed by atoms with Gasteiger partial charge in [0.25, 0.3) is 0 Å². The Morgan fingerprint density at radius 1 is 1.35 bits per heavy atom. The molecule has 5 heteroatoms. The predicted octanol–water partition coefficient (Wildman–Crippen LogP) is 1.78.